The van der Waals surface area contributed by atoms with E-state index in [1.54, 1.807) is 37.5 Å². The number of aromatic nitrogens is 5. The van der Waals surface area contributed by atoms with Crippen LogP contribution in [0.4, 0.5) is 8.78 Å². The average Bonchev–Trinajstić information content (AvgIpc) is 3.61. The summed E-state index contributed by atoms with van der Waals surface area (Å²) in [6.07, 6.45) is 5.39. The Morgan fingerprint density at radius 2 is 1.89 bits per heavy atom. The van der Waals surface area contributed by atoms with Crippen LogP contribution >= 0.6 is 23.4 Å². The lowest BCUT2D eigenvalue weighted by molar-refractivity contribution is 0.141. The molecule has 0 aliphatic heterocycles. The Balaban J connectivity index is 1.50. The first-order chi connectivity index (χ1) is 17.2. The van der Waals surface area contributed by atoms with E-state index >= 15 is 0 Å². The van der Waals surface area contributed by atoms with Crippen molar-refractivity contribution in [3.63, 3.8) is 0 Å². The number of rotatable bonds is 6. The summed E-state index contributed by atoms with van der Waals surface area (Å²) in [5.41, 5.74) is 1.61. The van der Waals surface area contributed by atoms with E-state index < -0.39 is 22.8 Å². The zero-order valence-electron chi connectivity index (χ0n) is 19.3. The normalized spacial score (nSPS) is 14.2. The van der Waals surface area contributed by atoms with E-state index in [4.69, 9.17) is 11.6 Å². The first-order valence-electron chi connectivity index (χ1n) is 11.0. The number of hydrogen-bond acceptors (Lipinski definition) is 7. The summed E-state index contributed by atoms with van der Waals surface area (Å²) in [4.78, 5) is 30.7. The van der Waals surface area contributed by atoms with E-state index in [1.165, 1.54) is 4.57 Å². The van der Waals surface area contributed by atoms with Crippen LogP contribution in [0.2, 0.25) is 5.02 Å². The van der Waals surface area contributed by atoms with Gasteiger partial charge in [0, 0.05) is 34.8 Å². The van der Waals surface area contributed by atoms with Gasteiger partial charge in [-0.25, -0.2) is 18.7 Å². The molecule has 0 radical (unpaired) electrons. The standard InChI is InChI=1S/C25H20ClF2N5O2S/c1-13-10-30-18(17-3-6-29-24(32-17)25(35)4-5-25)9-20(13)33-14(2)7-21(22(26)23(33)34)36-12-19-16(28)8-15(27)11-31-19/h3,6-11,35H,4-5,12H2,1-2H3. The molecule has 0 amide bonds. The van der Waals surface area contributed by atoms with Crippen molar-refractivity contribution in [3.05, 3.63) is 92.6 Å². The third-order valence-electron chi connectivity index (χ3n) is 5.92. The highest BCUT2D eigenvalue weighted by Crippen LogP contribution is 2.43. The number of aryl methyl sites for hydroxylation is 2. The molecule has 36 heavy (non-hydrogen) atoms. The fourth-order valence-electron chi connectivity index (χ4n) is 3.74. The van der Waals surface area contributed by atoms with Crippen LogP contribution in [0.5, 0.6) is 0 Å². The highest BCUT2D eigenvalue weighted by atomic mass is 35.5. The zero-order chi connectivity index (χ0) is 25.6. The lowest BCUT2D eigenvalue weighted by Crippen LogP contribution is -2.22. The summed E-state index contributed by atoms with van der Waals surface area (Å²) in [5, 5.41) is 10.4. The predicted octanol–water partition coefficient (Wildman–Crippen LogP) is 4.91. The Bertz CT molecular complexity index is 1560. The van der Waals surface area contributed by atoms with E-state index in [2.05, 4.69) is 19.9 Å². The summed E-state index contributed by atoms with van der Waals surface area (Å²) in [5.74, 6) is -1.08. The lowest BCUT2D eigenvalue weighted by Gasteiger charge is -2.16. The van der Waals surface area contributed by atoms with Gasteiger partial charge in [-0.05, 0) is 50.5 Å². The molecule has 5 rings (SSSR count). The number of halogens is 3. The highest BCUT2D eigenvalue weighted by Gasteiger charge is 2.45. The molecule has 1 aliphatic carbocycles. The topological polar surface area (TPSA) is 93.8 Å². The summed E-state index contributed by atoms with van der Waals surface area (Å²) in [6, 6.07) is 5.94. The molecular weight excluding hydrogens is 508 g/mol. The maximum Gasteiger partial charge on any atom is 0.275 e. The quantitative estimate of drug-likeness (QED) is 0.356. The van der Waals surface area contributed by atoms with Gasteiger partial charge < -0.3 is 5.11 Å². The van der Waals surface area contributed by atoms with Gasteiger partial charge in [-0.15, -0.1) is 11.8 Å². The molecule has 0 atom stereocenters. The van der Waals surface area contributed by atoms with Crippen LogP contribution in [-0.4, -0.2) is 29.6 Å². The molecule has 0 aromatic carbocycles. The first kappa shape index (κ1) is 24.5. The fourth-order valence-corrected chi connectivity index (χ4v) is 5.02. The van der Waals surface area contributed by atoms with Gasteiger partial charge >= 0.3 is 0 Å². The van der Waals surface area contributed by atoms with Crippen molar-refractivity contribution >= 4 is 23.4 Å². The number of thioether (sulfide) groups is 1. The number of pyridine rings is 3. The van der Waals surface area contributed by atoms with Crippen molar-refractivity contribution in [3.8, 4) is 17.1 Å². The third kappa shape index (κ3) is 4.63. The van der Waals surface area contributed by atoms with Gasteiger partial charge in [-0.3, -0.25) is 19.3 Å². The first-order valence-corrected chi connectivity index (χ1v) is 12.4. The SMILES string of the molecule is Cc1cnc(-c2ccnc(C3(O)CC3)n2)cc1-n1c(C)cc(SCc2ncc(F)cc2F)c(Cl)c1=O. The Hall–Kier alpha value is -3.21. The van der Waals surface area contributed by atoms with E-state index in [0.29, 0.717) is 46.3 Å². The molecule has 184 valence electrons. The largest absolute Gasteiger partial charge is 0.382 e. The molecule has 0 spiro atoms. The number of nitrogens with zero attached hydrogens (tertiary/aromatic N) is 5. The maximum atomic E-state index is 14.0. The Kier molecular flexibility index (Phi) is 6.36. The maximum absolute atomic E-state index is 14.0. The minimum Gasteiger partial charge on any atom is -0.382 e. The Morgan fingerprint density at radius 1 is 1.11 bits per heavy atom. The zero-order valence-corrected chi connectivity index (χ0v) is 20.9. The van der Waals surface area contributed by atoms with Crippen molar-refractivity contribution in [1.82, 2.24) is 24.5 Å². The van der Waals surface area contributed by atoms with Crippen LogP contribution in [0, 0.1) is 25.5 Å². The van der Waals surface area contributed by atoms with E-state index in [0.717, 1.165) is 29.6 Å². The molecular formula is C25H20ClF2N5O2S. The Morgan fingerprint density at radius 3 is 2.61 bits per heavy atom. The van der Waals surface area contributed by atoms with Gasteiger partial charge in [0.2, 0.25) is 0 Å². The molecule has 4 aromatic rings. The second-order valence-corrected chi connectivity index (χ2v) is 10.0. The predicted molar refractivity (Wildman–Crippen MR) is 132 cm³/mol. The second kappa shape index (κ2) is 9.34. The number of hydrogen-bond donors (Lipinski definition) is 1. The van der Waals surface area contributed by atoms with Crippen LogP contribution in [0.1, 0.15) is 35.6 Å². The second-order valence-electron chi connectivity index (χ2n) is 8.63. The summed E-state index contributed by atoms with van der Waals surface area (Å²) < 4.78 is 28.6. The minimum absolute atomic E-state index is 0.0221. The van der Waals surface area contributed by atoms with Gasteiger partial charge in [0.05, 0.1) is 29.0 Å². The fraction of sp³-hybridized carbons (Fsp3) is 0.240. The van der Waals surface area contributed by atoms with E-state index in [1.807, 2.05) is 6.92 Å². The van der Waals surface area contributed by atoms with Crippen LogP contribution < -0.4 is 5.56 Å². The van der Waals surface area contributed by atoms with Gasteiger partial charge in [-0.1, -0.05) is 11.6 Å². The van der Waals surface area contributed by atoms with Gasteiger partial charge in [-0.2, -0.15) is 0 Å². The van der Waals surface area contributed by atoms with Crippen molar-refractivity contribution < 1.29 is 13.9 Å². The Labute approximate surface area is 214 Å². The monoisotopic (exact) mass is 527 g/mol. The van der Waals surface area contributed by atoms with Crippen molar-refractivity contribution in [2.24, 2.45) is 0 Å². The molecule has 4 aromatic heterocycles. The molecule has 1 N–H and O–H groups in total. The molecule has 0 bridgehead atoms. The van der Waals surface area contributed by atoms with Crippen LogP contribution in [0.3, 0.4) is 0 Å². The summed E-state index contributed by atoms with van der Waals surface area (Å²) in [7, 11) is 0. The van der Waals surface area contributed by atoms with Crippen LogP contribution in [-0.2, 0) is 11.4 Å². The molecule has 11 heteroatoms. The van der Waals surface area contributed by atoms with Gasteiger partial charge in [0.15, 0.2) is 5.82 Å². The molecule has 0 unspecified atom stereocenters. The molecule has 1 aliphatic rings. The van der Waals surface area contributed by atoms with E-state index in [9.17, 15) is 18.7 Å². The molecule has 4 heterocycles. The van der Waals surface area contributed by atoms with Crippen LogP contribution in [0.25, 0.3) is 17.1 Å². The van der Waals surface area contributed by atoms with Crippen molar-refractivity contribution in [2.45, 2.75) is 42.9 Å². The van der Waals surface area contributed by atoms with Crippen molar-refractivity contribution in [1.29, 1.82) is 0 Å². The summed E-state index contributed by atoms with van der Waals surface area (Å²) >= 11 is 7.59. The lowest BCUT2D eigenvalue weighted by atomic mass is 10.1. The molecule has 7 nitrogen and oxygen atoms in total. The smallest absolute Gasteiger partial charge is 0.275 e. The number of aliphatic hydroxyl groups is 1. The third-order valence-corrected chi connectivity index (χ3v) is 7.45. The highest BCUT2D eigenvalue weighted by molar-refractivity contribution is 7.98. The van der Waals surface area contributed by atoms with Gasteiger partial charge in [0.25, 0.3) is 5.56 Å². The molecule has 0 saturated heterocycles. The van der Waals surface area contributed by atoms with Crippen LogP contribution in [0.15, 0.2) is 52.5 Å². The minimum atomic E-state index is -0.982. The molecule has 1 saturated carbocycles. The van der Waals surface area contributed by atoms with E-state index in [-0.39, 0.29) is 16.5 Å². The van der Waals surface area contributed by atoms with Crippen molar-refractivity contribution in [2.75, 3.05) is 0 Å². The average molecular weight is 528 g/mol. The summed E-state index contributed by atoms with van der Waals surface area (Å²) in [6.45, 7) is 3.60. The molecule has 1 fully saturated rings. The van der Waals surface area contributed by atoms with Gasteiger partial charge in [0.1, 0.15) is 22.3 Å².